The molecule has 0 heterocycles. The van der Waals surface area contributed by atoms with Crippen molar-refractivity contribution < 1.29 is 41.3 Å². The van der Waals surface area contributed by atoms with E-state index < -0.39 is 0 Å². The van der Waals surface area contributed by atoms with Gasteiger partial charge in [-0.1, -0.05) is 30.3 Å². The number of carbonyl (C=O) groups excluding carboxylic acids is 5. The molecule has 0 saturated heterocycles. The van der Waals surface area contributed by atoms with Crippen molar-refractivity contribution in [1.29, 1.82) is 0 Å². The Morgan fingerprint density at radius 3 is 1.15 bits per heavy atom. The molecule has 1 aromatic rings. The summed E-state index contributed by atoms with van der Waals surface area (Å²) in [6.45, 7) is 12.1. The van der Waals surface area contributed by atoms with Gasteiger partial charge in [-0.3, -0.25) is 0 Å². The van der Waals surface area contributed by atoms with Crippen molar-refractivity contribution in [3.05, 3.63) is 35.9 Å². The fourth-order valence-electron chi connectivity index (χ4n) is 0.732. The van der Waals surface area contributed by atoms with Gasteiger partial charge in [-0.25, -0.2) is 0 Å². The molecule has 20 heavy (non-hydrogen) atoms. The average molecular weight is 340 g/mol. The van der Waals surface area contributed by atoms with E-state index in [2.05, 4.69) is 31.7 Å². The van der Waals surface area contributed by atoms with Crippen LogP contribution in [0.5, 0.6) is 0 Å². The van der Waals surface area contributed by atoms with Crippen LogP contribution < -0.4 is 0 Å². The average Bonchev–Trinajstić information content (AvgIpc) is 2.57. The van der Waals surface area contributed by atoms with Gasteiger partial charge < -0.3 is 24.0 Å². The minimum absolute atomic E-state index is 0. The van der Waals surface area contributed by atoms with E-state index in [0.717, 1.165) is 0 Å². The third kappa shape index (κ3) is 36.0. The standard InChI is InChI=1S/C8H10S.5CH2O.Cr/c1-7(9)8-5-3-2-4-6-8;5*1-2;/h2-7,9H,1H3;5*1H2;. The van der Waals surface area contributed by atoms with Crippen LogP contribution in [0.4, 0.5) is 0 Å². The van der Waals surface area contributed by atoms with E-state index in [1.54, 1.807) is 0 Å². The summed E-state index contributed by atoms with van der Waals surface area (Å²) in [5.41, 5.74) is 1.28. The molecule has 1 aromatic carbocycles. The quantitative estimate of drug-likeness (QED) is 0.787. The number of rotatable bonds is 1. The second-order valence-corrected chi connectivity index (χ2v) is 2.86. The summed E-state index contributed by atoms with van der Waals surface area (Å²) in [5.74, 6) is 0. The van der Waals surface area contributed by atoms with E-state index in [-0.39, 0.29) is 17.4 Å². The monoisotopic (exact) mass is 340 g/mol. The molecule has 0 aliphatic rings. The maximum absolute atomic E-state index is 8.00. The van der Waals surface area contributed by atoms with Crippen LogP contribution in [0.3, 0.4) is 0 Å². The SMILES string of the molecule is C=O.C=O.C=O.C=O.C=O.CC(S)c1ccccc1.[Cr]. The fraction of sp³-hybridized carbons (Fsp3) is 0.154. The van der Waals surface area contributed by atoms with Crippen molar-refractivity contribution in [3.8, 4) is 0 Å². The first-order chi connectivity index (χ1) is 9.30. The Morgan fingerprint density at radius 2 is 1.00 bits per heavy atom. The van der Waals surface area contributed by atoms with Gasteiger partial charge in [-0.15, -0.1) is 0 Å². The molecule has 1 atom stereocenters. The first kappa shape index (κ1) is 36.2. The fourth-order valence-corrected chi connectivity index (χ4v) is 0.904. The zero-order valence-electron chi connectivity index (χ0n) is 11.4. The molecule has 7 heteroatoms. The zero-order chi connectivity index (χ0) is 16.7. The molecule has 0 aliphatic carbocycles. The molecule has 0 fully saturated rings. The van der Waals surface area contributed by atoms with Gasteiger partial charge in [-0.2, -0.15) is 12.6 Å². The van der Waals surface area contributed by atoms with Crippen molar-refractivity contribution in [3.63, 3.8) is 0 Å². The molecule has 5 nitrogen and oxygen atoms in total. The predicted molar refractivity (Wildman–Crippen MR) is 79.4 cm³/mol. The van der Waals surface area contributed by atoms with Gasteiger partial charge in [0.15, 0.2) is 0 Å². The largest absolute Gasteiger partial charge is 0.307 e. The first-order valence-electron chi connectivity index (χ1n) is 4.48. The zero-order valence-corrected chi connectivity index (χ0v) is 13.6. The number of benzene rings is 1. The normalized spacial score (nSPS) is 6.90. The molecular formula is C13H20CrO5S. The molecule has 0 N–H and O–H groups in total. The van der Waals surface area contributed by atoms with E-state index in [4.69, 9.17) is 24.0 Å². The van der Waals surface area contributed by atoms with Gasteiger partial charge in [0.2, 0.25) is 0 Å². The number of carbonyl (C=O) groups is 5. The number of hydrogen-bond donors (Lipinski definition) is 1. The van der Waals surface area contributed by atoms with E-state index in [0.29, 0.717) is 5.25 Å². The molecule has 1 rings (SSSR count). The molecule has 0 radical (unpaired) electrons. The maximum atomic E-state index is 8.00. The summed E-state index contributed by atoms with van der Waals surface area (Å²) >= 11 is 4.29. The van der Waals surface area contributed by atoms with Gasteiger partial charge in [0.25, 0.3) is 0 Å². The number of thiol groups is 1. The van der Waals surface area contributed by atoms with Crippen LogP contribution >= 0.6 is 12.6 Å². The Morgan fingerprint density at radius 1 is 0.750 bits per heavy atom. The third-order valence-electron chi connectivity index (χ3n) is 1.28. The van der Waals surface area contributed by atoms with Crippen LogP contribution in [0.15, 0.2) is 30.3 Å². The molecule has 0 aliphatic heterocycles. The van der Waals surface area contributed by atoms with Crippen LogP contribution in [-0.4, -0.2) is 33.9 Å². The van der Waals surface area contributed by atoms with E-state index in [1.165, 1.54) is 5.56 Å². The van der Waals surface area contributed by atoms with Gasteiger partial charge in [0.1, 0.15) is 33.9 Å². The molecule has 0 bridgehead atoms. The Bertz CT molecular complexity index is 238. The number of hydrogen-bond acceptors (Lipinski definition) is 6. The van der Waals surface area contributed by atoms with E-state index >= 15 is 0 Å². The molecule has 0 amide bonds. The molecule has 0 saturated carbocycles. The smallest absolute Gasteiger partial charge is 0.106 e. The minimum atomic E-state index is 0. The van der Waals surface area contributed by atoms with Crippen molar-refractivity contribution >= 4 is 46.6 Å². The topological polar surface area (TPSA) is 85.3 Å². The molecule has 1 unspecified atom stereocenters. The summed E-state index contributed by atoms with van der Waals surface area (Å²) in [5, 5.41) is 0.353. The van der Waals surface area contributed by atoms with Crippen LogP contribution in [0, 0.1) is 0 Å². The van der Waals surface area contributed by atoms with E-state index in [1.807, 2.05) is 52.1 Å². The Kier molecular flexibility index (Phi) is 95.8. The Labute approximate surface area is 136 Å². The van der Waals surface area contributed by atoms with Gasteiger partial charge in [-0.05, 0) is 12.5 Å². The molecule has 0 spiro atoms. The van der Waals surface area contributed by atoms with Crippen LogP contribution in [-0.2, 0) is 41.3 Å². The van der Waals surface area contributed by atoms with Crippen molar-refractivity contribution in [1.82, 2.24) is 0 Å². The van der Waals surface area contributed by atoms with Crippen molar-refractivity contribution in [2.75, 3.05) is 0 Å². The molecule has 114 valence electrons. The summed E-state index contributed by atoms with van der Waals surface area (Å²) in [6, 6.07) is 10.2. The minimum Gasteiger partial charge on any atom is -0.307 e. The predicted octanol–water partition coefficient (Wildman–Crippen LogP) is 1.75. The first-order valence-corrected chi connectivity index (χ1v) is 4.99. The van der Waals surface area contributed by atoms with Gasteiger partial charge in [0, 0.05) is 22.6 Å². The second kappa shape index (κ2) is 52.9. The third-order valence-corrected chi connectivity index (χ3v) is 1.58. The molecular weight excluding hydrogens is 320 g/mol. The summed E-state index contributed by atoms with van der Waals surface area (Å²) in [7, 11) is 0. The van der Waals surface area contributed by atoms with Gasteiger partial charge in [0.05, 0.1) is 0 Å². The van der Waals surface area contributed by atoms with Crippen LogP contribution in [0.2, 0.25) is 0 Å². The Hall–Kier alpha value is -1.55. The van der Waals surface area contributed by atoms with Crippen molar-refractivity contribution in [2.45, 2.75) is 12.2 Å². The summed E-state index contributed by atoms with van der Waals surface area (Å²) in [6.07, 6.45) is 0. The second-order valence-electron chi connectivity index (χ2n) is 2.09. The Balaban J connectivity index is -0.0000000384. The van der Waals surface area contributed by atoms with Crippen LogP contribution in [0.1, 0.15) is 17.7 Å². The van der Waals surface area contributed by atoms with Crippen molar-refractivity contribution in [2.24, 2.45) is 0 Å². The maximum Gasteiger partial charge on any atom is 0.106 e. The summed E-state index contributed by atoms with van der Waals surface area (Å²) in [4.78, 5) is 40.0. The summed E-state index contributed by atoms with van der Waals surface area (Å²) < 4.78 is 0. The van der Waals surface area contributed by atoms with Gasteiger partial charge >= 0.3 is 0 Å². The van der Waals surface area contributed by atoms with Crippen LogP contribution in [0.25, 0.3) is 0 Å². The molecule has 0 aromatic heterocycles. The van der Waals surface area contributed by atoms with E-state index in [9.17, 15) is 0 Å².